The van der Waals surface area contributed by atoms with E-state index in [2.05, 4.69) is 47.9 Å². The number of nitrogens with zero attached hydrogens (tertiary/aromatic N) is 4. The van der Waals surface area contributed by atoms with Gasteiger partial charge in [-0.1, -0.05) is 17.7 Å². The Kier molecular flexibility index (Phi) is 2.89. The molecule has 2 heterocycles. The lowest BCUT2D eigenvalue weighted by atomic mass is 10.00. The van der Waals surface area contributed by atoms with Gasteiger partial charge in [-0.2, -0.15) is 0 Å². The van der Waals surface area contributed by atoms with Crippen molar-refractivity contribution < 1.29 is 0 Å². The Morgan fingerprint density at radius 2 is 1.75 bits per heavy atom. The molecule has 0 unspecified atom stereocenters. The Bertz CT molecular complexity index is 765. The van der Waals surface area contributed by atoms with E-state index < -0.39 is 0 Å². The Morgan fingerprint density at radius 1 is 1.05 bits per heavy atom. The zero-order valence-corrected chi connectivity index (χ0v) is 11.9. The lowest BCUT2D eigenvalue weighted by Crippen LogP contribution is -2.04. The van der Waals surface area contributed by atoms with Crippen molar-refractivity contribution >= 4 is 17.0 Å². The van der Waals surface area contributed by atoms with Crippen molar-refractivity contribution in [3.05, 3.63) is 47.0 Å². The minimum absolute atomic E-state index is 0.422. The highest BCUT2D eigenvalue weighted by molar-refractivity contribution is 5.81. The fourth-order valence-electron chi connectivity index (χ4n) is 2.64. The standard InChI is InChI=1S/C15H17N5/c1-9-4-10(2)12(11(3)5-9)6-20-8-19-13-14(16)17-7-18-15(13)20/h4-5,7-8H,6H2,1-3H3,(H2,16,17,18). The molecule has 102 valence electrons. The SMILES string of the molecule is Cc1cc(C)c(Cn2cnc3c(N)ncnc32)c(C)c1. The van der Waals surface area contributed by atoms with Gasteiger partial charge in [-0.05, 0) is 37.5 Å². The van der Waals surface area contributed by atoms with Gasteiger partial charge in [-0.15, -0.1) is 0 Å². The predicted molar refractivity (Wildman–Crippen MR) is 79.5 cm³/mol. The molecule has 20 heavy (non-hydrogen) atoms. The molecule has 0 aliphatic heterocycles. The number of aromatic nitrogens is 4. The summed E-state index contributed by atoms with van der Waals surface area (Å²) in [5.74, 6) is 0.422. The van der Waals surface area contributed by atoms with Gasteiger partial charge >= 0.3 is 0 Å². The highest BCUT2D eigenvalue weighted by Gasteiger charge is 2.10. The lowest BCUT2D eigenvalue weighted by Gasteiger charge is -2.12. The van der Waals surface area contributed by atoms with E-state index in [-0.39, 0.29) is 0 Å². The number of fused-ring (bicyclic) bond motifs is 1. The molecule has 0 atom stereocenters. The monoisotopic (exact) mass is 267 g/mol. The van der Waals surface area contributed by atoms with Crippen LogP contribution in [0.1, 0.15) is 22.3 Å². The van der Waals surface area contributed by atoms with Gasteiger partial charge in [0.2, 0.25) is 0 Å². The van der Waals surface area contributed by atoms with Crippen LogP contribution in [0.25, 0.3) is 11.2 Å². The number of hydrogen-bond donors (Lipinski definition) is 1. The molecule has 2 N–H and O–H groups in total. The molecule has 5 nitrogen and oxygen atoms in total. The van der Waals surface area contributed by atoms with Gasteiger partial charge in [-0.3, -0.25) is 0 Å². The Hall–Kier alpha value is -2.43. The molecule has 0 radical (unpaired) electrons. The van der Waals surface area contributed by atoms with E-state index in [1.165, 1.54) is 28.6 Å². The number of nitrogens with two attached hydrogens (primary N) is 1. The van der Waals surface area contributed by atoms with Crippen LogP contribution >= 0.6 is 0 Å². The van der Waals surface area contributed by atoms with Crippen molar-refractivity contribution in [1.29, 1.82) is 0 Å². The quantitative estimate of drug-likeness (QED) is 0.774. The maximum absolute atomic E-state index is 5.82. The summed E-state index contributed by atoms with van der Waals surface area (Å²) in [6.45, 7) is 7.13. The van der Waals surface area contributed by atoms with E-state index >= 15 is 0 Å². The van der Waals surface area contributed by atoms with Crippen LogP contribution in [0.15, 0.2) is 24.8 Å². The van der Waals surface area contributed by atoms with E-state index in [4.69, 9.17) is 5.73 Å². The topological polar surface area (TPSA) is 69.6 Å². The number of hydrogen-bond acceptors (Lipinski definition) is 4. The second kappa shape index (κ2) is 4.59. The molecule has 0 spiro atoms. The second-order valence-corrected chi connectivity index (χ2v) is 5.18. The zero-order valence-electron chi connectivity index (χ0n) is 11.9. The minimum Gasteiger partial charge on any atom is -0.382 e. The maximum Gasteiger partial charge on any atom is 0.165 e. The highest BCUT2D eigenvalue weighted by Crippen LogP contribution is 2.20. The van der Waals surface area contributed by atoms with Crippen molar-refractivity contribution in [2.24, 2.45) is 0 Å². The summed E-state index contributed by atoms with van der Waals surface area (Å²) in [6, 6.07) is 4.40. The van der Waals surface area contributed by atoms with Crippen molar-refractivity contribution in [3.63, 3.8) is 0 Å². The highest BCUT2D eigenvalue weighted by atomic mass is 15.1. The van der Waals surface area contributed by atoms with Crippen LogP contribution in [0.2, 0.25) is 0 Å². The van der Waals surface area contributed by atoms with Crippen LogP contribution < -0.4 is 5.73 Å². The summed E-state index contributed by atoms with van der Waals surface area (Å²) < 4.78 is 2.01. The van der Waals surface area contributed by atoms with Crippen molar-refractivity contribution in [3.8, 4) is 0 Å². The molecule has 0 amide bonds. The van der Waals surface area contributed by atoms with E-state index in [1.807, 2.05) is 4.57 Å². The van der Waals surface area contributed by atoms with Crippen LogP contribution in [0.3, 0.4) is 0 Å². The Labute approximate surface area is 117 Å². The summed E-state index contributed by atoms with van der Waals surface area (Å²) in [5, 5.41) is 0. The average Bonchev–Trinajstić information content (AvgIpc) is 2.78. The Morgan fingerprint density at radius 3 is 2.45 bits per heavy atom. The number of anilines is 1. The van der Waals surface area contributed by atoms with Gasteiger partial charge in [0.1, 0.15) is 11.8 Å². The Balaban J connectivity index is 2.08. The van der Waals surface area contributed by atoms with Crippen LogP contribution in [-0.4, -0.2) is 19.5 Å². The number of benzene rings is 1. The van der Waals surface area contributed by atoms with E-state index in [0.29, 0.717) is 11.3 Å². The van der Waals surface area contributed by atoms with Crippen LogP contribution in [0.4, 0.5) is 5.82 Å². The van der Waals surface area contributed by atoms with Crippen LogP contribution in [0.5, 0.6) is 0 Å². The molecular weight excluding hydrogens is 250 g/mol. The maximum atomic E-state index is 5.82. The molecule has 2 aromatic heterocycles. The van der Waals surface area contributed by atoms with Gasteiger partial charge in [0.25, 0.3) is 0 Å². The summed E-state index contributed by atoms with van der Waals surface area (Å²) >= 11 is 0. The molecule has 3 aromatic rings. The number of nitrogen functional groups attached to an aromatic ring is 1. The van der Waals surface area contributed by atoms with Gasteiger partial charge in [0.15, 0.2) is 11.5 Å². The van der Waals surface area contributed by atoms with Gasteiger partial charge in [0, 0.05) is 0 Å². The fourth-order valence-corrected chi connectivity index (χ4v) is 2.64. The van der Waals surface area contributed by atoms with Crippen LogP contribution in [-0.2, 0) is 6.54 Å². The first-order valence-corrected chi connectivity index (χ1v) is 6.54. The number of rotatable bonds is 2. The predicted octanol–water partition coefficient (Wildman–Crippen LogP) is 2.38. The van der Waals surface area contributed by atoms with Gasteiger partial charge < -0.3 is 10.3 Å². The molecular formula is C15H17N5. The number of aryl methyl sites for hydroxylation is 3. The third-order valence-corrected chi connectivity index (χ3v) is 3.60. The summed E-state index contributed by atoms with van der Waals surface area (Å²) in [6.07, 6.45) is 3.25. The number of imidazole rings is 1. The lowest BCUT2D eigenvalue weighted by molar-refractivity contribution is 0.801. The largest absolute Gasteiger partial charge is 0.382 e. The third kappa shape index (κ3) is 2.01. The van der Waals surface area contributed by atoms with Gasteiger partial charge in [-0.25, -0.2) is 15.0 Å². The molecule has 0 bridgehead atoms. The molecule has 0 aliphatic carbocycles. The molecule has 5 heteroatoms. The molecule has 0 saturated carbocycles. The average molecular weight is 267 g/mol. The smallest absolute Gasteiger partial charge is 0.165 e. The zero-order chi connectivity index (χ0) is 14.3. The van der Waals surface area contributed by atoms with E-state index in [1.54, 1.807) is 6.33 Å². The van der Waals surface area contributed by atoms with Crippen molar-refractivity contribution in [2.45, 2.75) is 27.3 Å². The summed E-state index contributed by atoms with van der Waals surface area (Å²) in [5.41, 5.74) is 12.4. The van der Waals surface area contributed by atoms with Crippen molar-refractivity contribution in [1.82, 2.24) is 19.5 Å². The summed E-state index contributed by atoms with van der Waals surface area (Å²) in [4.78, 5) is 12.6. The first-order valence-electron chi connectivity index (χ1n) is 6.54. The fraction of sp³-hybridized carbons (Fsp3) is 0.267. The summed E-state index contributed by atoms with van der Waals surface area (Å²) in [7, 11) is 0. The van der Waals surface area contributed by atoms with E-state index in [9.17, 15) is 0 Å². The van der Waals surface area contributed by atoms with Gasteiger partial charge in [0.05, 0.1) is 12.9 Å². The normalized spacial score (nSPS) is 11.2. The van der Waals surface area contributed by atoms with E-state index in [0.717, 1.165) is 12.2 Å². The van der Waals surface area contributed by atoms with Crippen molar-refractivity contribution in [2.75, 3.05) is 5.73 Å². The first kappa shape index (κ1) is 12.6. The molecule has 1 aromatic carbocycles. The minimum atomic E-state index is 0.422. The molecule has 0 aliphatic rings. The molecule has 3 rings (SSSR count). The second-order valence-electron chi connectivity index (χ2n) is 5.18. The van der Waals surface area contributed by atoms with Crippen LogP contribution in [0, 0.1) is 20.8 Å². The third-order valence-electron chi connectivity index (χ3n) is 3.60. The first-order chi connectivity index (χ1) is 9.56. The molecule has 0 fully saturated rings. The molecule has 0 saturated heterocycles.